The van der Waals surface area contributed by atoms with Crippen LogP contribution >= 0.6 is 0 Å². The monoisotopic (exact) mass is 219 g/mol. The molecule has 0 atom stereocenters. The zero-order valence-electron chi connectivity index (χ0n) is 9.19. The highest BCUT2D eigenvalue weighted by Gasteiger charge is 1.96. The van der Waals surface area contributed by atoms with Crippen LogP contribution in [0, 0.1) is 18.4 Å². The second kappa shape index (κ2) is 6.37. The molecule has 1 heterocycles. The number of nitriles is 1. The maximum Gasteiger partial charge on any atom is 0.229 e. The van der Waals surface area contributed by atoms with E-state index in [4.69, 9.17) is 5.26 Å². The minimum Gasteiger partial charge on any atom is -0.277 e. The van der Waals surface area contributed by atoms with Crippen molar-refractivity contribution in [3.63, 3.8) is 0 Å². The van der Waals surface area contributed by atoms with Crippen LogP contribution in [0.15, 0.2) is 23.3 Å². The summed E-state index contributed by atoms with van der Waals surface area (Å²) in [5, 5.41) is 10.8. The van der Waals surface area contributed by atoms with Gasteiger partial charge in [-0.1, -0.05) is 6.07 Å². The molecule has 0 radical (unpaired) electrons. The van der Waals surface area contributed by atoms with Crippen LogP contribution < -0.4 is 10.8 Å². The van der Waals surface area contributed by atoms with Crippen LogP contribution in [0.3, 0.4) is 0 Å². The topological polar surface area (TPSA) is 82.3 Å². The first-order chi connectivity index (χ1) is 7.76. The van der Waals surface area contributed by atoms with Crippen molar-refractivity contribution in [1.82, 2.24) is 15.8 Å². The Morgan fingerprint density at radius 1 is 1.62 bits per heavy atom. The van der Waals surface area contributed by atoms with E-state index >= 15 is 0 Å². The Hall–Kier alpha value is -2.13. The van der Waals surface area contributed by atoms with Crippen molar-refractivity contribution in [3.05, 3.63) is 29.6 Å². The molecule has 0 aromatic carbocycles. The number of nitrogens with zero attached hydrogens (tertiary/aromatic N) is 3. The lowest BCUT2D eigenvalue weighted by Crippen LogP contribution is -2.33. The van der Waals surface area contributed by atoms with Crippen molar-refractivity contribution < 1.29 is 4.84 Å². The van der Waals surface area contributed by atoms with Gasteiger partial charge in [0.1, 0.15) is 0 Å². The van der Waals surface area contributed by atoms with E-state index in [9.17, 15) is 0 Å². The van der Waals surface area contributed by atoms with Crippen molar-refractivity contribution in [2.45, 2.75) is 13.5 Å². The number of guanidine groups is 1. The summed E-state index contributed by atoms with van der Waals surface area (Å²) in [6.45, 7) is 2.34. The molecule has 0 saturated heterocycles. The van der Waals surface area contributed by atoms with Gasteiger partial charge < -0.3 is 0 Å². The van der Waals surface area contributed by atoms with Gasteiger partial charge in [0, 0.05) is 11.9 Å². The standard InChI is InChI=1S/C10H13N5O/c1-8-3-4-9(5-12-8)6-13-10(14-7-11)15-16-2/h3-5H,6H2,1-2H3,(H2,13,14,15). The number of hydroxylamine groups is 1. The lowest BCUT2D eigenvalue weighted by Gasteiger charge is -2.04. The highest BCUT2D eigenvalue weighted by Crippen LogP contribution is 2.00. The number of aromatic nitrogens is 1. The van der Waals surface area contributed by atoms with E-state index in [1.165, 1.54) is 7.11 Å². The minimum atomic E-state index is 0.269. The van der Waals surface area contributed by atoms with Gasteiger partial charge in [0.25, 0.3) is 0 Å². The molecule has 1 aromatic heterocycles. The fraction of sp³-hybridized carbons (Fsp3) is 0.300. The van der Waals surface area contributed by atoms with Crippen molar-refractivity contribution in [1.29, 1.82) is 5.26 Å². The largest absolute Gasteiger partial charge is 0.277 e. The van der Waals surface area contributed by atoms with E-state index in [0.717, 1.165) is 11.3 Å². The maximum absolute atomic E-state index is 8.45. The normalized spacial score (nSPS) is 10.7. The molecule has 0 bridgehead atoms. The van der Waals surface area contributed by atoms with Gasteiger partial charge in [0.15, 0.2) is 6.19 Å². The first-order valence-corrected chi connectivity index (χ1v) is 4.66. The van der Waals surface area contributed by atoms with Gasteiger partial charge in [-0.15, -0.1) is 0 Å². The third-order valence-corrected chi connectivity index (χ3v) is 1.77. The number of aryl methyl sites for hydroxylation is 1. The quantitative estimate of drug-likeness (QED) is 0.254. The Bertz CT molecular complexity index is 393. The van der Waals surface area contributed by atoms with Gasteiger partial charge in [-0.05, 0) is 18.6 Å². The highest BCUT2D eigenvalue weighted by molar-refractivity contribution is 5.80. The smallest absolute Gasteiger partial charge is 0.229 e. The van der Waals surface area contributed by atoms with Crippen LogP contribution in [-0.4, -0.2) is 18.1 Å². The molecule has 0 aliphatic heterocycles. The number of aliphatic imine (C=N–C) groups is 1. The number of nitrogens with one attached hydrogen (secondary N) is 2. The molecule has 1 rings (SSSR count). The predicted molar refractivity (Wildman–Crippen MR) is 59.0 cm³/mol. The minimum absolute atomic E-state index is 0.269. The van der Waals surface area contributed by atoms with E-state index in [1.807, 2.05) is 19.1 Å². The van der Waals surface area contributed by atoms with Crippen LogP contribution in [0.2, 0.25) is 0 Å². The molecule has 0 aliphatic rings. The van der Waals surface area contributed by atoms with E-state index in [2.05, 4.69) is 25.6 Å². The molecule has 2 N–H and O–H groups in total. The molecular formula is C10H13N5O. The molecule has 6 heteroatoms. The number of hydrogen-bond donors (Lipinski definition) is 2. The average molecular weight is 219 g/mol. The molecule has 0 saturated carbocycles. The molecule has 6 nitrogen and oxygen atoms in total. The van der Waals surface area contributed by atoms with E-state index in [0.29, 0.717) is 6.54 Å². The summed E-state index contributed by atoms with van der Waals surface area (Å²) in [7, 11) is 1.45. The lowest BCUT2D eigenvalue weighted by molar-refractivity contribution is 0.142. The third kappa shape index (κ3) is 3.94. The molecule has 0 fully saturated rings. The Balaban J connectivity index is 2.62. The van der Waals surface area contributed by atoms with Crippen molar-refractivity contribution >= 4 is 5.96 Å². The third-order valence-electron chi connectivity index (χ3n) is 1.77. The SMILES string of the molecule is CONC(=NCc1ccc(C)nc1)NC#N. The van der Waals surface area contributed by atoms with E-state index < -0.39 is 0 Å². The van der Waals surface area contributed by atoms with Gasteiger partial charge in [0.05, 0.1) is 13.7 Å². The van der Waals surface area contributed by atoms with Gasteiger partial charge >= 0.3 is 0 Å². The van der Waals surface area contributed by atoms with Gasteiger partial charge in [-0.3, -0.25) is 15.1 Å². The van der Waals surface area contributed by atoms with Gasteiger partial charge in [-0.2, -0.15) is 5.26 Å². The number of rotatable bonds is 3. The summed E-state index contributed by atoms with van der Waals surface area (Å²) in [5.41, 5.74) is 4.38. The summed E-state index contributed by atoms with van der Waals surface area (Å²) < 4.78 is 0. The van der Waals surface area contributed by atoms with Crippen molar-refractivity contribution in [2.24, 2.45) is 4.99 Å². The Morgan fingerprint density at radius 2 is 2.44 bits per heavy atom. The second-order valence-corrected chi connectivity index (χ2v) is 3.02. The molecular weight excluding hydrogens is 206 g/mol. The molecule has 0 unspecified atom stereocenters. The fourth-order valence-corrected chi connectivity index (χ4v) is 1.01. The maximum atomic E-state index is 8.45. The first kappa shape index (κ1) is 11.9. The second-order valence-electron chi connectivity index (χ2n) is 3.02. The summed E-state index contributed by atoms with van der Waals surface area (Å²) in [6.07, 6.45) is 3.50. The van der Waals surface area contributed by atoms with Crippen molar-refractivity contribution in [2.75, 3.05) is 7.11 Å². The summed E-state index contributed by atoms with van der Waals surface area (Å²) in [4.78, 5) is 12.9. The van der Waals surface area contributed by atoms with Crippen LogP contribution in [0.1, 0.15) is 11.3 Å². The van der Waals surface area contributed by atoms with E-state index in [-0.39, 0.29) is 5.96 Å². The molecule has 0 amide bonds. The molecule has 1 aromatic rings. The lowest BCUT2D eigenvalue weighted by atomic mass is 10.2. The Morgan fingerprint density at radius 3 is 3.00 bits per heavy atom. The summed E-state index contributed by atoms with van der Waals surface area (Å²) in [6, 6.07) is 3.84. The van der Waals surface area contributed by atoms with E-state index in [1.54, 1.807) is 12.4 Å². The molecule has 84 valence electrons. The zero-order valence-corrected chi connectivity index (χ0v) is 9.19. The Labute approximate surface area is 93.9 Å². The summed E-state index contributed by atoms with van der Waals surface area (Å²) in [5.74, 6) is 0.269. The molecule has 16 heavy (non-hydrogen) atoms. The molecule has 0 spiro atoms. The highest BCUT2D eigenvalue weighted by atomic mass is 16.6. The number of hydrogen-bond acceptors (Lipinski definition) is 4. The van der Waals surface area contributed by atoms with Crippen LogP contribution in [-0.2, 0) is 11.4 Å². The van der Waals surface area contributed by atoms with Gasteiger partial charge in [-0.25, -0.2) is 10.5 Å². The van der Waals surface area contributed by atoms with Gasteiger partial charge in [0.2, 0.25) is 5.96 Å². The predicted octanol–water partition coefficient (Wildman–Crippen LogP) is 0.468. The fourth-order valence-electron chi connectivity index (χ4n) is 1.01. The molecule has 0 aliphatic carbocycles. The summed E-state index contributed by atoms with van der Waals surface area (Å²) >= 11 is 0. The Kier molecular flexibility index (Phi) is 4.76. The van der Waals surface area contributed by atoms with Crippen LogP contribution in [0.4, 0.5) is 0 Å². The van der Waals surface area contributed by atoms with Crippen LogP contribution in [0.25, 0.3) is 0 Å². The first-order valence-electron chi connectivity index (χ1n) is 4.66. The number of pyridine rings is 1. The average Bonchev–Trinajstić information content (AvgIpc) is 2.29. The zero-order chi connectivity index (χ0) is 11.8. The van der Waals surface area contributed by atoms with Crippen LogP contribution in [0.5, 0.6) is 0 Å². The van der Waals surface area contributed by atoms with Crippen molar-refractivity contribution in [3.8, 4) is 6.19 Å².